The van der Waals surface area contributed by atoms with Gasteiger partial charge in [-0.05, 0) is 36.8 Å². The van der Waals surface area contributed by atoms with Crippen LogP contribution in [-0.2, 0) is 11.2 Å². The van der Waals surface area contributed by atoms with Crippen LogP contribution in [0.5, 0.6) is 5.75 Å². The molecule has 1 heterocycles. The number of carbonyl (C=O) groups is 1. The van der Waals surface area contributed by atoms with Crippen molar-refractivity contribution in [2.45, 2.75) is 24.5 Å². The highest BCUT2D eigenvalue weighted by Crippen LogP contribution is 2.30. The van der Waals surface area contributed by atoms with Gasteiger partial charge in [-0.3, -0.25) is 4.79 Å². The molecule has 0 spiro atoms. The summed E-state index contributed by atoms with van der Waals surface area (Å²) in [5.74, 6) is 2.13. The average Bonchev–Trinajstić information content (AvgIpc) is 2.83. The topological polar surface area (TPSA) is 26.3 Å². The van der Waals surface area contributed by atoms with E-state index in [1.165, 1.54) is 0 Å². The van der Waals surface area contributed by atoms with Crippen LogP contribution in [0.3, 0.4) is 0 Å². The third-order valence-electron chi connectivity index (χ3n) is 2.90. The first-order valence-corrected chi connectivity index (χ1v) is 7.10. The van der Waals surface area contributed by atoms with Crippen molar-refractivity contribution < 1.29 is 9.53 Å². The van der Waals surface area contributed by atoms with Gasteiger partial charge in [0.15, 0.2) is 0 Å². The third kappa shape index (κ3) is 3.17. The van der Waals surface area contributed by atoms with Gasteiger partial charge in [0, 0.05) is 17.0 Å². The fourth-order valence-electron chi connectivity index (χ4n) is 2.02. The fraction of sp³-hybridized carbons (Fsp3) is 0.462. The smallest absolute Gasteiger partial charge is 0.150 e. The van der Waals surface area contributed by atoms with E-state index in [4.69, 9.17) is 16.3 Å². The molecule has 92 valence electrons. The van der Waals surface area contributed by atoms with E-state index in [-0.39, 0.29) is 11.0 Å². The summed E-state index contributed by atoms with van der Waals surface area (Å²) in [6.07, 6.45) is 2.57. The molecule has 0 bridgehead atoms. The number of Topliss-reactive ketones (excluding diaryl/α,β-unsaturated/α-hetero) is 1. The van der Waals surface area contributed by atoms with Crippen LogP contribution in [-0.4, -0.2) is 23.9 Å². The van der Waals surface area contributed by atoms with E-state index in [1.807, 2.05) is 12.1 Å². The number of halogens is 1. The third-order valence-corrected chi connectivity index (χ3v) is 4.56. The molecule has 4 heteroatoms. The first-order chi connectivity index (χ1) is 8.20. The molecule has 0 aliphatic carbocycles. The van der Waals surface area contributed by atoms with Gasteiger partial charge in [-0.1, -0.05) is 11.6 Å². The minimum Gasteiger partial charge on any atom is -0.496 e. The molecule has 0 saturated carbocycles. The Kier molecular flexibility index (Phi) is 4.35. The first kappa shape index (κ1) is 12.8. The zero-order chi connectivity index (χ0) is 12.3. The lowest BCUT2D eigenvalue weighted by Crippen LogP contribution is -2.16. The van der Waals surface area contributed by atoms with E-state index in [0.717, 1.165) is 29.9 Å². The normalized spacial score (nSPS) is 19.3. The second-order valence-corrected chi connectivity index (χ2v) is 5.85. The summed E-state index contributed by atoms with van der Waals surface area (Å²) >= 11 is 7.71. The second kappa shape index (κ2) is 5.78. The van der Waals surface area contributed by atoms with E-state index in [0.29, 0.717) is 11.4 Å². The highest BCUT2D eigenvalue weighted by Gasteiger charge is 2.24. The van der Waals surface area contributed by atoms with Crippen LogP contribution in [0, 0.1) is 0 Å². The maximum Gasteiger partial charge on any atom is 0.150 e. The van der Waals surface area contributed by atoms with Crippen molar-refractivity contribution in [1.82, 2.24) is 0 Å². The number of hydrogen-bond acceptors (Lipinski definition) is 3. The van der Waals surface area contributed by atoms with Crippen LogP contribution in [0.4, 0.5) is 0 Å². The lowest BCUT2D eigenvalue weighted by molar-refractivity contribution is -0.117. The number of thioether (sulfide) groups is 1. The summed E-state index contributed by atoms with van der Waals surface area (Å²) < 4.78 is 5.25. The van der Waals surface area contributed by atoms with Crippen molar-refractivity contribution in [1.29, 1.82) is 0 Å². The van der Waals surface area contributed by atoms with E-state index in [2.05, 4.69) is 0 Å². The van der Waals surface area contributed by atoms with Gasteiger partial charge in [-0.15, -0.1) is 0 Å². The van der Waals surface area contributed by atoms with Crippen LogP contribution in [0.25, 0.3) is 0 Å². The molecular weight excluding hydrogens is 256 g/mol. The summed E-state index contributed by atoms with van der Waals surface area (Å²) in [7, 11) is 1.61. The number of carbonyl (C=O) groups excluding carboxylic acids is 1. The molecule has 1 unspecified atom stereocenters. The maximum absolute atomic E-state index is 12.1. The molecule has 1 fully saturated rings. The number of ether oxygens (including phenoxy) is 1. The number of rotatable bonds is 4. The van der Waals surface area contributed by atoms with Crippen LogP contribution in [0.1, 0.15) is 18.4 Å². The molecule has 1 aromatic carbocycles. The maximum atomic E-state index is 12.1. The molecule has 2 rings (SSSR count). The highest BCUT2D eigenvalue weighted by molar-refractivity contribution is 8.00. The van der Waals surface area contributed by atoms with Gasteiger partial charge < -0.3 is 4.74 Å². The van der Waals surface area contributed by atoms with Crippen LogP contribution >= 0.6 is 23.4 Å². The minimum absolute atomic E-state index is 0.165. The van der Waals surface area contributed by atoms with Crippen molar-refractivity contribution in [3.05, 3.63) is 28.8 Å². The zero-order valence-electron chi connectivity index (χ0n) is 9.74. The predicted octanol–water partition coefficient (Wildman–Crippen LogP) is 3.36. The Morgan fingerprint density at radius 1 is 1.59 bits per heavy atom. The van der Waals surface area contributed by atoms with Gasteiger partial charge in [0.2, 0.25) is 0 Å². The van der Waals surface area contributed by atoms with E-state index in [9.17, 15) is 4.79 Å². The van der Waals surface area contributed by atoms with E-state index in [1.54, 1.807) is 24.9 Å². The summed E-state index contributed by atoms with van der Waals surface area (Å²) in [5, 5.41) is 0.811. The zero-order valence-corrected chi connectivity index (χ0v) is 11.3. The molecule has 0 amide bonds. The summed E-state index contributed by atoms with van der Waals surface area (Å²) in [6.45, 7) is 0. The Morgan fingerprint density at radius 3 is 3.06 bits per heavy atom. The number of benzene rings is 1. The minimum atomic E-state index is 0.165. The van der Waals surface area contributed by atoms with Crippen LogP contribution in [0.2, 0.25) is 5.02 Å². The highest BCUT2D eigenvalue weighted by atomic mass is 35.5. The van der Waals surface area contributed by atoms with Gasteiger partial charge in [0.1, 0.15) is 11.5 Å². The van der Waals surface area contributed by atoms with Gasteiger partial charge in [-0.2, -0.15) is 11.8 Å². The Bertz CT molecular complexity index is 414. The average molecular weight is 271 g/mol. The second-order valence-electron chi connectivity index (χ2n) is 4.10. The standard InChI is InChI=1S/C13H15ClO2S/c1-16-12-5-4-10(14)7-9(12)8-11(15)13-3-2-6-17-13/h4-5,7,13H,2-3,6,8H2,1H3. The number of hydrogen-bond donors (Lipinski definition) is 0. The predicted molar refractivity (Wildman–Crippen MR) is 72.2 cm³/mol. The molecule has 2 nitrogen and oxygen atoms in total. The molecule has 1 aliphatic rings. The van der Waals surface area contributed by atoms with Gasteiger partial charge in [-0.25, -0.2) is 0 Å². The van der Waals surface area contributed by atoms with Crippen molar-refractivity contribution in [2.75, 3.05) is 12.9 Å². The van der Waals surface area contributed by atoms with E-state index < -0.39 is 0 Å². The molecule has 17 heavy (non-hydrogen) atoms. The van der Waals surface area contributed by atoms with Crippen molar-refractivity contribution in [3.63, 3.8) is 0 Å². The molecule has 1 atom stereocenters. The van der Waals surface area contributed by atoms with Gasteiger partial charge in [0.05, 0.1) is 12.4 Å². The molecular formula is C13H15ClO2S. The van der Waals surface area contributed by atoms with Crippen molar-refractivity contribution in [3.8, 4) is 5.75 Å². The Morgan fingerprint density at radius 2 is 2.41 bits per heavy atom. The quantitative estimate of drug-likeness (QED) is 0.839. The molecule has 1 aromatic rings. The molecule has 0 radical (unpaired) electrons. The number of ketones is 1. The Labute approximate surface area is 111 Å². The SMILES string of the molecule is COc1ccc(Cl)cc1CC(=O)C1CCCS1. The van der Waals surface area contributed by atoms with Crippen LogP contribution in [0.15, 0.2) is 18.2 Å². The molecule has 0 N–H and O–H groups in total. The summed E-state index contributed by atoms with van der Waals surface area (Å²) in [6, 6.07) is 5.41. The molecule has 0 aromatic heterocycles. The summed E-state index contributed by atoms with van der Waals surface area (Å²) in [4.78, 5) is 12.1. The Hall–Kier alpha value is -0.670. The van der Waals surface area contributed by atoms with E-state index >= 15 is 0 Å². The summed E-state index contributed by atoms with van der Waals surface area (Å²) in [5.41, 5.74) is 0.887. The molecule has 1 aliphatic heterocycles. The monoisotopic (exact) mass is 270 g/mol. The van der Waals surface area contributed by atoms with Gasteiger partial charge >= 0.3 is 0 Å². The number of methoxy groups -OCH3 is 1. The van der Waals surface area contributed by atoms with Crippen molar-refractivity contribution in [2.24, 2.45) is 0 Å². The van der Waals surface area contributed by atoms with Crippen molar-refractivity contribution >= 4 is 29.1 Å². The first-order valence-electron chi connectivity index (χ1n) is 5.67. The van der Waals surface area contributed by atoms with Crippen LogP contribution < -0.4 is 4.74 Å². The fourth-order valence-corrected chi connectivity index (χ4v) is 3.43. The lowest BCUT2D eigenvalue weighted by atomic mass is 10.0. The molecule has 1 saturated heterocycles. The lowest BCUT2D eigenvalue weighted by Gasteiger charge is -2.11. The largest absolute Gasteiger partial charge is 0.496 e. The Balaban J connectivity index is 2.11. The van der Waals surface area contributed by atoms with Gasteiger partial charge in [0.25, 0.3) is 0 Å².